The minimum Gasteiger partial charge on any atom is -0.381 e. The van der Waals surface area contributed by atoms with Gasteiger partial charge in [-0.3, -0.25) is 4.99 Å². The fraction of sp³-hybridized carbons (Fsp3) is 0.615. The lowest BCUT2D eigenvalue weighted by Gasteiger charge is -2.34. The van der Waals surface area contributed by atoms with Gasteiger partial charge < -0.3 is 15.4 Å². The van der Waals surface area contributed by atoms with Crippen LogP contribution in [0.5, 0.6) is 0 Å². The lowest BCUT2D eigenvalue weighted by atomic mass is 9.91. The van der Waals surface area contributed by atoms with E-state index in [0.29, 0.717) is 17.9 Å². The van der Waals surface area contributed by atoms with Crippen LogP contribution in [0.15, 0.2) is 22.5 Å². The van der Waals surface area contributed by atoms with Gasteiger partial charge in [0, 0.05) is 18.1 Å². The zero-order valence-electron chi connectivity index (χ0n) is 10.4. The molecule has 98 valence electrons. The number of guanidine groups is 1. The fourth-order valence-electron chi connectivity index (χ4n) is 2.82. The monoisotopic (exact) mass is 265 g/mol. The normalized spacial score (nSPS) is 25.4. The summed E-state index contributed by atoms with van der Waals surface area (Å²) in [4.78, 5) is 8.07. The van der Waals surface area contributed by atoms with E-state index in [1.165, 1.54) is 4.88 Å². The number of ether oxygens (including phenoxy) is 1. The highest BCUT2D eigenvalue weighted by Gasteiger charge is 2.33. The fourth-order valence-corrected chi connectivity index (χ4v) is 3.52. The molecule has 5 heteroatoms. The van der Waals surface area contributed by atoms with Gasteiger partial charge in [0.1, 0.15) is 0 Å². The molecule has 0 bridgehead atoms. The van der Waals surface area contributed by atoms with Gasteiger partial charge >= 0.3 is 0 Å². The Morgan fingerprint density at radius 3 is 3.00 bits per heavy atom. The second kappa shape index (κ2) is 5.28. The predicted molar refractivity (Wildman–Crippen MR) is 73.7 cm³/mol. The number of nitrogens with two attached hydrogens (primary N) is 1. The van der Waals surface area contributed by atoms with Gasteiger partial charge in [-0.2, -0.15) is 0 Å². The van der Waals surface area contributed by atoms with Crippen molar-refractivity contribution in [3.8, 4) is 0 Å². The van der Waals surface area contributed by atoms with Gasteiger partial charge in [0.2, 0.25) is 0 Å². The molecular weight excluding hydrogens is 246 g/mol. The molecule has 1 atom stereocenters. The molecule has 0 amide bonds. The Hall–Kier alpha value is -1.07. The highest BCUT2D eigenvalue weighted by Crippen LogP contribution is 2.27. The number of aliphatic imine (C=N–C) groups is 1. The molecule has 2 N–H and O–H groups in total. The topological polar surface area (TPSA) is 50.9 Å². The van der Waals surface area contributed by atoms with E-state index in [1.807, 2.05) is 0 Å². The second-order valence-corrected chi connectivity index (χ2v) is 5.96. The molecule has 18 heavy (non-hydrogen) atoms. The van der Waals surface area contributed by atoms with Gasteiger partial charge in [-0.25, -0.2) is 0 Å². The first kappa shape index (κ1) is 12.0. The second-order valence-electron chi connectivity index (χ2n) is 4.92. The van der Waals surface area contributed by atoms with Crippen LogP contribution in [0.3, 0.4) is 0 Å². The molecule has 0 aliphatic carbocycles. The molecule has 1 saturated heterocycles. The summed E-state index contributed by atoms with van der Waals surface area (Å²) in [5.41, 5.74) is 6.04. The van der Waals surface area contributed by atoms with Crippen molar-refractivity contribution in [1.82, 2.24) is 4.90 Å². The smallest absolute Gasteiger partial charge is 0.191 e. The van der Waals surface area contributed by atoms with E-state index in [1.54, 1.807) is 11.3 Å². The zero-order valence-corrected chi connectivity index (χ0v) is 11.2. The highest BCUT2D eigenvalue weighted by atomic mass is 32.1. The Morgan fingerprint density at radius 1 is 1.44 bits per heavy atom. The average molecular weight is 265 g/mol. The zero-order chi connectivity index (χ0) is 12.4. The lowest BCUT2D eigenvalue weighted by molar-refractivity contribution is 0.0435. The summed E-state index contributed by atoms with van der Waals surface area (Å²) >= 11 is 1.78. The van der Waals surface area contributed by atoms with Crippen molar-refractivity contribution in [2.45, 2.75) is 25.4 Å². The summed E-state index contributed by atoms with van der Waals surface area (Å²) in [5, 5.41) is 2.11. The summed E-state index contributed by atoms with van der Waals surface area (Å²) < 4.78 is 5.44. The molecule has 0 aromatic carbocycles. The first-order valence-corrected chi connectivity index (χ1v) is 7.39. The summed E-state index contributed by atoms with van der Waals surface area (Å²) in [6, 6.07) is 4.72. The Bertz CT molecular complexity index is 412. The van der Waals surface area contributed by atoms with Crippen LogP contribution in [0.25, 0.3) is 0 Å². The van der Waals surface area contributed by atoms with Crippen molar-refractivity contribution >= 4 is 17.3 Å². The molecule has 1 aromatic rings. The van der Waals surface area contributed by atoms with Crippen molar-refractivity contribution in [1.29, 1.82) is 0 Å². The molecule has 1 aromatic heterocycles. The van der Waals surface area contributed by atoms with E-state index >= 15 is 0 Å². The molecule has 0 saturated carbocycles. The van der Waals surface area contributed by atoms with E-state index in [0.717, 1.165) is 39.1 Å². The molecule has 4 nitrogen and oxygen atoms in total. The number of hydrogen-bond donors (Lipinski definition) is 1. The summed E-state index contributed by atoms with van der Waals surface area (Å²) in [6.45, 7) is 3.51. The van der Waals surface area contributed by atoms with E-state index < -0.39 is 0 Å². The van der Waals surface area contributed by atoms with Crippen LogP contribution in [0.4, 0.5) is 0 Å². The van der Waals surface area contributed by atoms with Gasteiger partial charge in [-0.05, 0) is 30.2 Å². The van der Waals surface area contributed by atoms with E-state index in [9.17, 15) is 0 Å². The number of thiophene rings is 1. The average Bonchev–Trinajstić information content (AvgIpc) is 3.03. The Morgan fingerprint density at radius 2 is 2.28 bits per heavy atom. The van der Waals surface area contributed by atoms with E-state index in [4.69, 9.17) is 10.5 Å². The molecule has 1 unspecified atom stereocenters. The quantitative estimate of drug-likeness (QED) is 0.904. The Balaban J connectivity index is 1.70. The first-order chi connectivity index (χ1) is 8.84. The maximum absolute atomic E-state index is 6.04. The molecular formula is C13H19N3OS. The van der Waals surface area contributed by atoms with Crippen LogP contribution in [0.2, 0.25) is 0 Å². The van der Waals surface area contributed by atoms with Crippen LogP contribution in [0, 0.1) is 5.92 Å². The SMILES string of the molecule is NC1=NCC(C2CCOCC2)N1Cc1cccs1. The van der Waals surface area contributed by atoms with Gasteiger partial charge in [0.05, 0.1) is 19.1 Å². The molecule has 2 aliphatic rings. The molecule has 3 rings (SSSR count). The molecule has 0 radical (unpaired) electrons. The Kier molecular flexibility index (Phi) is 3.52. The van der Waals surface area contributed by atoms with Crippen LogP contribution in [-0.2, 0) is 11.3 Å². The largest absolute Gasteiger partial charge is 0.381 e. The predicted octanol–water partition coefficient (Wildman–Crippen LogP) is 1.67. The molecule has 1 fully saturated rings. The summed E-state index contributed by atoms with van der Waals surface area (Å²) in [6.07, 6.45) is 2.27. The van der Waals surface area contributed by atoms with E-state index in [2.05, 4.69) is 27.4 Å². The molecule has 2 aliphatic heterocycles. The van der Waals surface area contributed by atoms with Crippen molar-refractivity contribution in [2.24, 2.45) is 16.6 Å². The standard InChI is InChI=1S/C13H19N3OS/c14-13-15-8-12(10-3-5-17-6-4-10)16(13)9-11-2-1-7-18-11/h1-2,7,10,12H,3-6,8-9H2,(H2,14,15). The maximum Gasteiger partial charge on any atom is 0.191 e. The van der Waals surface area contributed by atoms with Crippen molar-refractivity contribution in [3.05, 3.63) is 22.4 Å². The van der Waals surface area contributed by atoms with Gasteiger partial charge in [0.15, 0.2) is 5.96 Å². The summed E-state index contributed by atoms with van der Waals surface area (Å²) in [5.74, 6) is 1.38. The third kappa shape index (κ3) is 2.37. The van der Waals surface area contributed by atoms with Crippen molar-refractivity contribution in [2.75, 3.05) is 19.8 Å². The lowest BCUT2D eigenvalue weighted by Crippen LogP contribution is -2.45. The minimum atomic E-state index is 0.469. The van der Waals surface area contributed by atoms with Crippen LogP contribution >= 0.6 is 11.3 Å². The third-order valence-corrected chi connectivity index (χ3v) is 4.71. The molecule has 3 heterocycles. The Labute approximate surface area is 111 Å². The van der Waals surface area contributed by atoms with Gasteiger partial charge in [0.25, 0.3) is 0 Å². The van der Waals surface area contributed by atoms with Gasteiger partial charge in [-0.1, -0.05) is 6.07 Å². The molecule has 0 spiro atoms. The summed E-state index contributed by atoms with van der Waals surface area (Å²) in [7, 11) is 0. The highest BCUT2D eigenvalue weighted by molar-refractivity contribution is 7.09. The minimum absolute atomic E-state index is 0.469. The number of rotatable bonds is 3. The first-order valence-electron chi connectivity index (χ1n) is 6.51. The van der Waals surface area contributed by atoms with E-state index in [-0.39, 0.29) is 0 Å². The number of hydrogen-bond acceptors (Lipinski definition) is 5. The van der Waals surface area contributed by atoms with Crippen LogP contribution in [-0.4, -0.2) is 36.7 Å². The number of nitrogens with zero attached hydrogens (tertiary/aromatic N) is 2. The third-order valence-electron chi connectivity index (χ3n) is 3.85. The van der Waals surface area contributed by atoms with Crippen molar-refractivity contribution in [3.63, 3.8) is 0 Å². The van der Waals surface area contributed by atoms with Crippen LogP contribution < -0.4 is 5.73 Å². The van der Waals surface area contributed by atoms with Gasteiger partial charge in [-0.15, -0.1) is 11.3 Å². The maximum atomic E-state index is 6.04. The van der Waals surface area contributed by atoms with Crippen LogP contribution in [0.1, 0.15) is 17.7 Å². The van der Waals surface area contributed by atoms with Crippen molar-refractivity contribution < 1.29 is 4.74 Å².